The van der Waals surface area contributed by atoms with Gasteiger partial charge in [-0.15, -0.1) is 0 Å². The van der Waals surface area contributed by atoms with E-state index < -0.39 is 18.2 Å². The van der Waals surface area contributed by atoms with Crippen LogP contribution in [0.2, 0.25) is 0 Å². The molecule has 1 aromatic carbocycles. The second-order valence-electron chi connectivity index (χ2n) is 3.33. The van der Waals surface area contributed by atoms with Gasteiger partial charge in [0.1, 0.15) is 6.10 Å². The lowest BCUT2D eigenvalue weighted by molar-refractivity contribution is 0.0228. The van der Waals surface area contributed by atoms with Crippen molar-refractivity contribution < 1.29 is 19.7 Å². The topological polar surface area (TPSA) is 92.8 Å². The predicted molar refractivity (Wildman–Crippen MR) is 57.8 cm³/mol. The molecule has 0 spiro atoms. The van der Waals surface area contributed by atoms with E-state index in [0.29, 0.717) is 5.56 Å². The number of nitrogens with two attached hydrogens (primary N) is 1. The fraction of sp³-hybridized carbons (Fsp3) is 0.364. The average Bonchev–Trinajstić information content (AvgIpc) is 2.35. The number of aliphatic hydroxyl groups excluding tert-OH is 2. The van der Waals surface area contributed by atoms with E-state index in [0.717, 1.165) is 0 Å². The minimum atomic E-state index is -1.19. The van der Waals surface area contributed by atoms with Crippen LogP contribution in [0.1, 0.15) is 22.0 Å². The molecule has 0 saturated heterocycles. The van der Waals surface area contributed by atoms with Gasteiger partial charge in [0.2, 0.25) is 0 Å². The molecule has 0 aromatic heterocycles. The molecule has 2 unspecified atom stereocenters. The third-order valence-corrected chi connectivity index (χ3v) is 2.29. The summed E-state index contributed by atoms with van der Waals surface area (Å²) >= 11 is 0. The second-order valence-corrected chi connectivity index (χ2v) is 3.33. The Morgan fingerprint density at radius 2 is 2.06 bits per heavy atom. The zero-order valence-electron chi connectivity index (χ0n) is 8.96. The van der Waals surface area contributed by atoms with Crippen LogP contribution >= 0.6 is 0 Å². The van der Waals surface area contributed by atoms with Crippen LogP contribution in [-0.4, -0.2) is 35.9 Å². The van der Waals surface area contributed by atoms with Crippen LogP contribution < -0.4 is 5.73 Å². The molecule has 5 heteroatoms. The number of esters is 1. The van der Waals surface area contributed by atoms with E-state index >= 15 is 0 Å². The maximum atomic E-state index is 11.4. The summed E-state index contributed by atoms with van der Waals surface area (Å²) in [6, 6.07) is 6.38. The summed E-state index contributed by atoms with van der Waals surface area (Å²) in [7, 11) is 1.25. The van der Waals surface area contributed by atoms with Crippen LogP contribution in [0.25, 0.3) is 0 Å². The summed E-state index contributed by atoms with van der Waals surface area (Å²) in [5, 5.41) is 19.2. The molecular formula is C11H15NO4. The van der Waals surface area contributed by atoms with Gasteiger partial charge in [0.05, 0.1) is 18.8 Å². The molecule has 88 valence electrons. The Labute approximate surface area is 93.5 Å². The van der Waals surface area contributed by atoms with Crippen LogP contribution in [0.3, 0.4) is 0 Å². The van der Waals surface area contributed by atoms with Crippen molar-refractivity contribution in [2.24, 2.45) is 5.73 Å². The highest BCUT2D eigenvalue weighted by molar-refractivity contribution is 5.91. The van der Waals surface area contributed by atoms with Gasteiger partial charge in [0, 0.05) is 6.54 Å². The number of rotatable bonds is 4. The van der Waals surface area contributed by atoms with E-state index in [1.165, 1.54) is 13.2 Å². The van der Waals surface area contributed by atoms with Gasteiger partial charge >= 0.3 is 5.97 Å². The highest BCUT2D eigenvalue weighted by Crippen LogP contribution is 2.21. The molecule has 5 nitrogen and oxygen atoms in total. The van der Waals surface area contributed by atoms with Crippen LogP contribution in [0.5, 0.6) is 0 Å². The summed E-state index contributed by atoms with van der Waals surface area (Å²) in [6.45, 7) is -0.0866. The first-order chi connectivity index (χ1) is 7.61. The molecule has 0 bridgehead atoms. The standard InChI is InChI=1S/C11H15NO4/c1-16-11(15)8-5-3-2-4-7(8)10(14)9(13)6-12/h2-5,9-10,13-14H,6,12H2,1H3. The van der Waals surface area contributed by atoms with E-state index in [-0.39, 0.29) is 12.1 Å². The molecule has 1 rings (SSSR count). The van der Waals surface area contributed by atoms with Crippen LogP contribution in [0.15, 0.2) is 24.3 Å². The van der Waals surface area contributed by atoms with Gasteiger partial charge in [-0.05, 0) is 11.6 Å². The first-order valence-electron chi connectivity index (χ1n) is 4.85. The zero-order chi connectivity index (χ0) is 12.1. The Bertz CT molecular complexity index is 367. The zero-order valence-corrected chi connectivity index (χ0v) is 8.96. The molecule has 0 saturated carbocycles. The van der Waals surface area contributed by atoms with Crippen molar-refractivity contribution in [1.82, 2.24) is 0 Å². The normalized spacial score (nSPS) is 14.2. The number of ether oxygens (including phenoxy) is 1. The quantitative estimate of drug-likeness (QED) is 0.618. The predicted octanol–water partition coefficient (Wildman–Crippen LogP) is -0.174. The van der Waals surface area contributed by atoms with Gasteiger partial charge in [-0.1, -0.05) is 18.2 Å². The first-order valence-corrected chi connectivity index (χ1v) is 4.85. The Morgan fingerprint density at radius 3 is 2.62 bits per heavy atom. The van der Waals surface area contributed by atoms with Crippen molar-refractivity contribution in [3.63, 3.8) is 0 Å². The highest BCUT2D eigenvalue weighted by Gasteiger charge is 2.22. The summed E-state index contributed by atoms with van der Waals surface area (Å²) in [5.74, 6) is -0.557. The monoisotopic (exact) mass is 225 g/mol. The lowest BCUT2D eigenvalue weighted by Gasteiger charge is -2.18. The minimum absolute atomic E-state index is 0.0866. The Kier molecular flexibility index (Phi) is 4.42. The van der Waals surface area contributed by atoms with Gasteiger partial charge in [0.15, 0.2) is 0 Å². The fourth-order valence-corrected chi connectivity index (χ4v) is 1.39. The molecule has 0 radical (unpaired) electrons. The summed E-state index contributed by atoms with van der Waals surface area (Å²) in [4.78, 5) is 11.4. The number of hydrogen-bond donors (Lipinski definition) is 3. The van der Waals surface area contributed by atoms with Crippen molar-refractivity contribution >= 4 is 5.97 Å². The van der Waals surface area contributed by atoms with Crippen LogP contribution in [0.4, 0.5) is 0 Å². The fourth-order valence-electron chi connectivity index (χ4n) is 1.39. The maximum absolute atomic E-state index is 11.4. The third kappa shape index (κ3) is 2.57. The molecule has 0 heterocycles. The first kappa shape index (κ1) is 12.6. The van der Waals surface area contributed by atoms with E-state index in [9.17, 15) is 15.0 Å². The Morgan fingerprint density at radius 1 is 1.44 bits per heavy atom. The molecule has 1 aromatic rings. The summed E-state index contributed by atoms with van der Waals surface area (Å²) in [6.07, 6.45) is -2.30. The van der Waals surface area contributed by atoms with Gasteiger partial charge in [-0.25, -0.2) is 4.79 Å². The van der Waals surface area contributed by atoms with E-state index in [1.807, 2.05) is 0 Å². The van der Waals surface area contributed by atoms with Gasteiger partial charge < -0.3 is 20.7 Å². The lowest BCUT2D eigenvalue weighted by Crippen LogP contribution is -2.28. The molecule has 0 aliphatic rings. The SMILES string of the molecule is COC(=O)c1ccccc1C(O)C(O)CN. The van der Waals surface area contributed by atoms with E-state index in [4.69, 9.17) is 5.73 Å². The Hall–Kier alpha value is -1.43. The highest BCUT2D eigenvalue weighted by atomic mass is 16.5. The maximum Gasteiger partial charge on any atom is 0.338 e. The van der Waals surface area contributed by atoms with Crippen LogP contribution in [-0.2, 0) is 4.74 Å². The largest absolute Gasteiger partial charge is 0.465 e. The number of carbonyl (C=O) groups excluding carboxylic acids is 1. The molecule has 4 N–H and O–H groups in total. The lowest BCUT2D eigenvalue weighted by atomic mass is 9.98. The molecule has 0 fully saturated rings. The van der Waals surface area contributed by atoms with Gasteiger partial charge in [-0.2, -0.15) is 0 Å². The molecule has 16 heavy (non-hydrogen) atoms. The summed E-state index contributed by atoms with van der Waals surface area (Å²) < 4.78 is 4.58. The van der Waals surface area contributed by atoms with Crippen molar-refractivity contribution in [1.29, 1.82) is 0 Å². The van der Waals surface area contributed by atoms with Crippen molar-refractivity contribution in [2.75, 3.05) is 13.7 Å². The van der Waals surface area contributed by atoms with E-state index in [1.54, 1.807) is 18.2 Å². The molecule has 0 aliphatic carbocycles. The van der Waals surface area contributed by atoms with Crippen molar-refractivity contribution in [3.05, 3.63) is 35.4 Å². The molecule has 0 amide bonds. The number of aliphatic hydroxyl groups is 2. The van der Waals surface area contributed by atoms with Gasteiger partial charge in [0.25, 0.3) is 0 Å². The number of carbonyl (C=O) groups is 1. The molecule has 2 atom stereocenters. The summed E-state index contributed by atoms with van der Waals surface area (Å²) in [5.41, 5.74) is 5.78. The van der Waals surface area contributed by atoms with Crippen molar-refractivity contribution in [2.45, 2.75) is 12.2 Å². The van der Waals surface area contributed by atoms with Crippen LogP contribution in [0, 0.1) is 0 Å². The smallest absolute Gasteiger partial charge is 0.338 e. The number of benzene rings is 1. The number of methoxy groups -OCH3 is 1. The van der Waals surface area contributed by atoms with Gasteiger partial charge in [-0.3, -0.25) is 0 Å². The molecular weight excluding hydrogens is 210 g/mol. The second kappa shape index (κ2) is 5.60. The Balaban J connectivity index is 3.08. The van der Waals surface area contributed by atoms with E-state index in [2.05, 4.69) is 4.74 Å². The third-order valence-electron chi connectivity index (χ3n) is 2.29. The number of hydrogen-bond acceptors (Lipinski definition) is 5. The van der Waals surface area contributed by atoms with Crippen molar-refractivity contribution in [3.8, 4) is 0 Å². The minimum Gasteiger partial charge on any atom is -0.465 e. The average molecular weight is 225 g/mol. The molecule has 0 aliphatic heterocycles.